The molecule has 0 aliphatic rings. The minimum atomic E-state index is -0.440. The molecule has 1 heterocycles. The fraction of sp³-hybridized carbons (Fsp3) is 0.333. The summed E-state index contributed by atoms with van der Waals surface area (Å²) in [5.41, 5.74) is 9.52. The van der Waals surface area contributed by atoms with Crippen LogP contribution in [0.1, 0.15) is 35.6 Å². The van der Waals surface area contributed by atoms with E-state index in [1.165, 1.54) is 7.11 Å². The number of ether oxygens (including phenoxy) is 1. The highest BCUT2D eigenvalue weighted by molar-refractivity contribution is 5.95. The summed E-state index contributed by atoms with van der Waals surface area (Å²) in [6, 6.07) is 7.35. The van der Waals surface area contributed by atoms with Gasteiger partial charge in [-0.05, 0) is 37.1 Å². The highest BCUT2D eigenvalue weighted by Gasteiger charge is 2.13. The van der Waals surface area contributed by atoms with Crippen molar-refractivity contribution in [1.82, 2.24) is 9.78 Å². The number of nitrogen functional groups attached to an aromatic ring is 1. The minimum Gasteiger partial charge on any atom is -0.465 e. The molecule has 0 spiro atoms. The van der Waals surface area contributed by atoms with Crippen molar-refractivity contribution >= 4 is 11.7 Å². The summed E-state index contributed by atoms with van der Waals surface area (Å²) < 4.78 is 6.59. The second-order valence-corrected chi connectivity index (χ2v) is 4.51. The molecule has 0 bridgehead atoms. The minimum absolute atomic E-state index is 0.362. The molecule has 0 aliphatic carbocycles. The Morgan fingerprint density at radius 3 is 2.65 bits per heavy atom. The third-order valence-corrected chi connectivity index (χ3v) is 3.24. The Morgan fingerprint density at radius 1 is 1.30 bits per heavy atom. The molecular weight excluding hydrogens is 254 g/mol. The smallest absolute Gasteiger partial charge is 0.340 e. The molecule has 5 heteroatoms. The summed E-state index contributed by atoms with van der Waals surface area (Å²) in [7, 11) is 1.34. The number of hydrogen-bond acceptors (Lipinski definition) is 4. The van der Waals surface area contributed by atoms with Crippen molar-refractivity contribution < 1.29 is 9.53 Å². The first-order chi connectivity index (χ1) is 9.60. The van der Waals surface area contributed by atoms with Gasteiger partial charge in [0.2, 0.25) is 0 Å². The maximum absolute atomic E-state index is 11.7. The van der Waals surface area contributed by atoms with Crippen LogP contribution in [-0.2, 0) is 17.6 Å². The molecule has 0 fully saturated rings. The molecule has 5 nitrogen and oxygen atoms in total. The largest absolute Gasteiger partial charge is 0.465 e. The van der Waals surface area contributed by atoms with E-state index in [2.05, 4.69) is 25.0 Å². The van der Waals surface area contributed by atoms with E-state index >= 15 is 0 Å². The number of nitrogens with zero attached hydrogens (tertiary/aromatic N) is 2. The topological polar surface area (TPSA) is 70.1 Å². The van der Waals surface area contributed by atoms with Crippen LogP contribution < -0.4 is 5.73 Å². The van der Waals surface area contributed by atoms with E-state index in [4.69, 9.17) is 10.5 Å². The molecule has 0 amide bonds. The van der Waals surface area contributed by atoms with Crippen molar-refractivity contribution in [2.75, 3.05) is 12.8 Å². The normalized spacial score (nSPS) is 10.6. The number of carbonyl (C=O) groups is 1. The van der Waals surface area contributed by atoms with E-state index in [0.717, 1.165) is 29.9 Å². The monoisotopic (exact) mass is 273 g/mol. The predicted octanol–water partition coefficient (Wildman–Crippen LogP) is 2.37. The van der Waals surface area contributed by atoms with E-state index in [1.54, 1.807) is 12.1 Å². The van der Waals surface area contributed by atoms with Gasteiger partial charge < -0.3 is 10.5 Å². The Hall–Kier alpha value is -2.30. The molecule has 1 aromatic heterocycles. The van der Waals surface area contributed by atoms with Crippen LogP contribution in [0.5, 0.6) is 0 Å². The van der Waals surface area contributed by atoms with Crippen LogP contribution >= 0.6 is 0 Å². The second kappa shape index (κ2) is 5.77. The second-order valence-electron chi connectivity index (χ2n) is 4.51. The Bertz CT molecular complexity index is 632. The van der Waals surface area contributed by atoms with Gasteiger partial charge in [-0.1, -0.05) is 13.8 Å². The number of nitrogens with two attached hydrogens (primary N) is 1. The maximum atomic E-state index is 11.7. The van der Waals surface area contributed by atoms with Crippen LogP contribution in [0, 0.1) is 0 Å². The van der Waals surface area contributed by atoms with E-state index in [1.807, 2.05) is 10.7 Å². The Morgan fingerprint density at radius 2 is 2.05 bits per heavy atom. The zero-order valence-electron chi connectivity index (χ0n) is 12.0. The molecule has 1 aromatic carbocycles. The number of hydrogen-bond donors (Lipinski definition) is 1. The first-order valence-electron chi connectivity index (χ1n) is 6.66. The van der Waals surface area contributed by atoms with Gasteiger partial charge in [0.15, 0.2) is 0 Å². The summed E-state index contributed by atoms with van der Waals surface area (Å²) in [5, 5.41) is 4.55. The lowest BCUT2D eigenvalue weighted by atomic mass is 10.1. The molecule has 0 atom stereocenters. The van der Waals surface area contributed by atoms with Crippen LogP contribution in [0.2, 0.25) is 0 Å². The van der Waals surface area contributed by atoms with Crippen LogP contribution in [0.25, 0.3) is 5.69 Å². The van der Waals surface area contributed by atoms with E-state index in [-0.39, 0.29) is 0 Å². The number of methoxy groups -OCH3 is 1. The number of rotatable bonds is 4. The Kier molecular flexibility index (Phi) is 4.08. The fourth-order valence-corrected chi connectivity index (χ4v) is 2.09. The number of carbonyl (C=O) groups excluding carboxylic acids is 1. The molecule has 0 unspecified atom stereocenters. The Labute approximate surface area is 118 Å². The lowest BCUT2D eigenvalue weighted by molar-refractivity contribution is 0.0602. The molecule has 2 aromatic rings. The number of aromatic nitrogens is 2. The van der Waals surface area contributed by atoms with Gasteiger partial charge in [0.25, 0.3) is 0 Å². The van der Waals surface area contributed by atoms with Gasteiger partial charge in [0.05, 0.1) is 24.1 Å². The molecule has 2 rings (SSSR count). The van der Waals surface area contributed by atoms with Gasteiger partial charge >= 0.3 is 5.97 Å². The molecule has 106 valence electrons. The first-order valence-corrected chi connectivity index (χ1v) is 6.66. The molecule has 2 N–H and O–H groups in total. The standard InChI is InChI=1S/C15H19N3O2/c1-4-10-8-11(5-2)18(17-10)12-6-7-14(16)13(9-12)15(19)20-3/h6-9H,4-5,16H2,1-3H3. The maximum Gasteiger partial charge on any atom is 0.340 e. The summed E-state index contributed by atoms with van der Waals surface area (Å²) in [6.07, 6.45) is 1.74. The lowest BCUT2D eigenvalue weighted by Crippen LogP contribution is -2.08. The Balaban J connectivity index is 2.53. The average Bonchev–Trinajstić information content (AvgIpc) is 2.90. The summed E-state index contributed by atoms with van der Waals surface area (Å²) >= 11 is 0. The van der Waals surface area contributed by atoms with E-state index in [9.17, 15) is 4.79 Å². The zero-order chi connectivity index (χ0) is 14.7. The van der Waals surface area contributed by atoms with E-state index < -0.39 is 5.97 Å². The quantitative estimate of drug-likeness (QED) is 0.685. The molecule has 0 aliphatic heterocycles. The van der Waals surface area contributed by atoms with Crippen molar-refractivity contribution in [2.24, 2.45) is 0 Å². The highest BCUT2D eigenvalue weighted by Crippen LogP contribution is 2.20. The van der Waals surface area contributed by atoms with Gasteiger partial charge in [0.1, 0.15) is 0 Å². The number of anilines is 1. The van der Waals surface area contributed by atoms with Crippen molar-refractivity contribution in [1.29, 1.82) is 0 Å². The number of esters is 1. The molecule has 0 saturated carbocycles. The summed E-state index contributed by atoms with van der Waals surface area (Å²) in [5.74, 6) is -0.440. The predicted molar refractivity (Wildman–Crippen MR) is 78.1 cm³/mol. The summed E-state index contributed by atoms with van der Waals surface area (Å²) in [4.78, 5) is 11.7. The van der Waals surface area contributed by atoms with Gasteiger partial charge in [-0.3, -0.25) is 0 Å². The van der Waals surface area contributed by atoms with Gasteiger partial charge in [-0.15, -0.1) is 0 Å². The third kappa shape index (κ3) is 2.52. The fourth-order valence-electron chi connectivity index (χ4n) is 2.09. The third-order valence-electron chi connectivity index (χ3n) is 3.24. The number of aryl methyl sites for hydroxylation is 2. The molecule has 0 saturated heterocycles. The van der Waals surface area contributed by atoms with Crippen LogP contribution in [0.15, 0.2) is 24.3 Å². The van der Waals surface area contributed by atoms with Crippen LogP contribution in [-0.4, -0.2) is 22.9 Å². The summed E-state index contributed by atoms with van der Waals surface area (Å²) in [6.45, 7) is 4.14. The van der Waals surface area contributed by atoms with Crippen molar-refractivity contribution in [3.8, 4) is 5.69 Å². The SMILES string of the molecule is CCc1cc(CC)n(-c2ccc(N)c(C(=O)OC)c2)n1. The zero-order valence-corrected chi connectivity index (χ0v) is 12.0. The van der Waals surface area contributed by atoms with Gasteiger partial charge in [0, 0.05) is 11.4 Å². The number of benzene rings is 1. The van der Waals surface area contributed by atoms with Gasteiger partial charge in [-0.2, -0.15) is 5.10 Å². The molecular formula is C15H19N3O2. The molecule has 0 radical (unpaired) electrons. The first kappa shape index (κ1) is 14.1. The van der Waals surface area contributed by atoms with Crippen molar-refractivity contribution in [2.45, 2.75) is 26.7 Å². The van der Waals surface area contributed by atoms with Crippen molar-refractivity contribution in [3.05, 3.63) is 41.2 Å². The highest BCUT2D eigenvalue weighted by atomic mass is 16.5. The van der Waals surface area contributed by atoms with E-state index in [0.29, 0.717) is 11.3 Å². The van der Waals surface area contributed by atoms with Crippen LogP contribution in [0.4, 0.5) is 5.69 Å². The van der Waals surface area contributed by atoms with Gasteiger partial charge in [-0.25, -0.2) is 9.48 Å². The average molecular weight is 273 g/mol. The van der Waals surface area contributed by atoms with Crippen LogP contribution in [0.3, 0.4) is 0 Å². The van der Waals surface area contributed by atoms with Crippen molar-refractivity contribution in [3.63, 3.8) is 0 Å². The lowest BCUT2D eigenvalue weighted by Gasteiger charge is -2.09. The molecule has 20 heavy (non-hydrogen) atoms.